The zero-order valence-corrected chi connectivity index (χ0v) is 11.4. The van der Waals surface area contributed by atoms with Crippen molar-refractivity contribution in [1.82, 2.24) is 5.32 Å². The van der Waals surface area contributed by atoms with Crippen LogP contribution in [0.3, 0.4) is 0 Å². The van der Waals surface area contributed by atoms with Gasteiger partial charge in [-0.25, -0.2) is 0 Å². The topological polar surface area (TPSA) is 35.8 Å². The van der Waals surface area contributed by atoms with Crippen molar-refractivity contribution in [1.29, 1.82) is 5.26 Å². The minimum atomic E-state index is -0.219. The van der Waals surface area contributed by atoms with Gasteiger partial charge in [-0.1, -0.05) is 33.1 Å². The highest BCUT2D eigenvalue weighted by molar-refractivity contribution is 5.10. The molecule has 2 aliphatic rings. The van der Waals surface area contributed by atoms with E-state index in [-0.39, 0.29) is 5.54 Å². The standard InChI is InChI=1S/C15H26N2/c1-14(2)8-5-9-15(12-16,11-10-14)17-13-6-3-4-7-13/h13,17H,3-11H2,1-2H3. The van der Waals surface area contributed by atoms with E-state index in [1.807, 2.05) is 0 Å². The van der Waals surface area contributed by atoms with Crippen LogP contribution in [-0.2, 0) is 0 Å². The van der Waals surface area contributed by atoms with E-state index in [0.717, 1.165) is 12.8 Å². The molecule has 2 saturated carbocycles. The Bertz CT molecular complexity index is 297. The van der Waals surface area contributed by atoms with Crippen LogP contribution in [0, 0.1) is 16.7 Å². The molecule has 0 heterocycles. The third kappa shape index (κ3) is 3.22. The summed E-state index contributed by atoms with van der Waals surface area (Å²) in [6.07, 6.45) is 10.9. The van der Waals surface area contributed by atoms with Gasteiger partial charge in [0.1, 0.15) is 5.54 Å². The third-order valence-electron chi connectivity index (χ3n) is 4.74. The van der Waals surface area contributed by atoms with Crippen LogP contribution in [0.25, 0.3) is 0 Å². The smallest absolute Gasteiger partial charge is 0.107 e. The summed E-state index contributed by atoms with van der Waals surface area (Å²) < 4.78 is 0. The first-order valence-corrected chi connectivity index (χ1v) is 7.24. The molecule has 0 aliphatic heterocycles. The lowest BCUT2D eigenvalue weighted by molar-refractivity contribution is 0.285. The van der Waals surface area contributed by atoms with Crippen LogP contribution in [0.15, 0.2) is 0 Å². The predicted molar refractivity (Wildman–Crippen MR) is 70.6 cm³/mol. The molecule has 0 amide bonds. The predicted octanol–water partition coefficient (Wildman–Crippen LogP) is 3.77. The monoisotopic (exact) mass is 234 g/mol. The molecule has 2 aliphatic carbocycles. The first-order valence-electron chi connectivity index (χ1n) is 7.24. The molecule has 17 heavy (non-hydrogen) atoms. The lowest BCUT2D eigenvalue weighted by Crippen LogP contribution is -2.48. The van der Waals surface area contributed by atoms with Gasteiger partial charge in [0, 0.05) is 6.04 Å². The van der Waals surface area contributed by atoms with Gasteiger partial charge in [0.15, 0.2) is 0 Å². The number of hydrogen-bond acceptors (Lipinski definition) is 2. The van der Waals surface area contributed by atoms with Crippen molar-refractivity contribution in [2.75, 3.05) is 0 Å². The molecule has 2 fully saturated rings. The van der Waals surface area contributed by atoms with Crippen LogP contribution in [-0.4, -0.2) is 11.6 Å². The molecule has 0 bridgehead atoms. The fourth-order valence-electron chi connectivity index (χ4n) is 3.42. The summed E-state index contributed by atoms with van der Waals surface area (Å²) in [4.78, 5) is 0. The van der Waals surface area contributed by atoms with Crippen LogP contribution in [0.1, 0.15) is 71.6 Å². The van der Waals surface area contributed by atoms with E-state index in [9.17, 15) is 5.26 Å². The summed E-state index contributed by atoms with van der Waals surface area (Å²) in [5, 5.41) is 13.3. The Balaban J connectivity index is 2.01. The molecule has 2 nitrogen and oxygen atoms in total. The molecule has 1 unspecified atom stereocenters. The van der Waals surface area contributed by atoms with Gasteiger partial charge in [0.2, 0.25) is 0 Å². The minimum absolute atomic E-state index is 0.219. The van der Waals surface area contributed by atoms with E-state index < -0.39 is 0 Å². The minimum Gasteiger partial charge on any atom is -0.297 e. The highest BCUT2D eigenvalue weighted by atomic mass is 15.0. The molecular formula is C15H26N2. The molecule has 96 valence electrons. The molecule has 1 N–H and O–H groups in total. The van der Waals surface area contributed by atoms with Gasteiger partial charge >= 0.3 is 0 Å². The lowest BCUT2D eigenvalue weighted by atomic mass is 9.83. The van der Waals surface area contributed by atoms with Gasteiger partial charge in [-0.15, -0.1) is 0 Å². The van der Waals surface area contributed by atoms with Crippen molar-refractivity contribution in [2.24, 2.45) is 5.41 Å². The Morgan fingerprint density at radius 1 is 1.00 bits per heavy atom. The highest BCUT2D eigenvalue weighted by Gasteiger charge is 2.37. The van der Waals surface area contributed by atoms with E-state index in [0.29, 0.717) is 11.5 Å². The van der Waals surface area contributed by atoms with Crippen molar-refractivity contribution >= 4 is 0 Å². The number of nitriles is 1. The second-order valence-electron chi connectivity index (χ2n) is 6.84. The molecule has 0 radical (unpaired) electrons. The summed E-state index contributed by atoms with van der Waals surface area (Å²) in [5.74, 6) is 0. The molecule has 2 rings (SSSR count). The van der Waals surface area contributed by atoms with Gasteiger partial charge in [0.25, 0.3) is 0 Å². The molecule has 0 aromatic heterocycles. The number of rotatable bonds is 2. The van der Waals surface area contributed by atoms with Crippen molar-refractivity contribution in [2.45, 2.75) is 83.2 Å². The molecule has 0 spiro atoms. The molecule has 2 heteroatoms. The summed E-state index contributed by atoms with van der Waals surface area (Å²) in [5.41, 5.74) is 0.207. The average Bonchev–Trinajstić information content (AvgIpc) is 2.73. The van der Waals surface area contributed by atoms with Gasteiger partial charge in [-0.3, -0.25) is 5.32 Å². The first-order chi connectivity index (χ1) is 8.05. The largest absolute Gasteiger partial charge is 0.297 e. The molecule has 0 aromatic carbocycles. The van der Waals surface area contributed by atoms with Crippen molar-refractivity contribution in [3.8, 4) is 6.07 Å². The fourth-order valence-corrected chi connectivity index (χ4v) is 3.42. The van der Waals surface area contributed by atoms with E-state index >= 15 is 0 Å². The second-order valence-corrected chi connectivity index (χ2v) is 6.84. The Morgan fingerprint density at radius 3 is 2.35 bits per heavy atom. The zero-order chi connectivity index (χ0) is 12.4. The molecule has 0 aromatic rings. The third-order valence-corrected chi connectivity index (χ3v) is 4.74. The number of nitrogens with one attached hydrogen (secondary N) is 1. The van der Waals surface area contributed by atoms with Crippen molar-refractivity contribution in [3.05, 3.63) is 0 Å². The maximum absolute atomic E-state index is 9.58. The van der Waals surface area contributed by atoms with Crippen LogP contribution >= 0.6 is 0 Å². The maximum atomic E-state index is 9.58. The Morgan fingerprint density at radius 2 is 1.71 bits per heavy atom. The van der Waals surface area contributed by atoms with E-state index in [1.165, 1.54) is 44.9 Å². The van der Waals surface area contributed by atoms with Crippen LogP contribution < -0.4 is 5.32 Å². The van der Waals surface area contributed by atoms with Gasteiger partial charge in [-0.05, 0) is 43.9 Å². The first kappa shape index (κ1) is 12.9. The highest BCUT2D eigenvalue weighted by Crippen LogP contribution is 2.38. The fraction of sp³-hybridized carbons (Fsp3) is 0.933. The molecular weight excluding hydrogens is 208 g/mol. The quantitative estimate of drug-likeness (QED) is 0.738. The Kier molecular flexibility index (Phi) is 3.78. The summed E-state index contributed by atoms with van der Waals surface area (Å²) >= 11 is 0. The second kappa shape index (κ2) is 4.98. The maximum Gasteiger partial charge on any atom is 0.107 e. The van der Waals surface area contributed by atoms with Gasteiger partial charge < -0.3 is 0 Å². The molecule has 0 saturated heterocycles. The van der Waals surface area contributed by atoms with E-state index in [1.54, 1.807) is 0 Å². The summed E-state index contributed by atoms with van der Waals surface area (Å²) in [6.45, 7) is 4.69. The van der Waals surface area contributed by atoms with Crippen molar-refractivity contribution in [3.63, 3.8) is 0 Å². The van der Waals surface area contributed by atoms with Gasteiger partial charge in [0.05, 0.1) is 6.07 Å². The normalized spacial score (nSPS) is 34.2. The lowest BCUT2D eigenvalue weighted by Gasteiger charge is -2.31. The van der Waals surface area contributed by atoms with Crippen LogP contribution in [0.4, 0.5) is 0 Å². The average molecular weight is 234 g/mol. The zero-order valence-electron chi connectivity index (χ0n) is 11.4. The van der Waals surface area contributed by atoms with E-state index in [2.05, 4.69) is 25.2 Å². The number of nitrogens with zero attached hydrogens (tertiary/aromatic N) is 1. The Hall–Kier alpha value is -0.550. The molecule has 1 atom stereocenters. The Labute approximate surface area is 106 Å². The number of hydrogen-bond donors (Lipinski definition) is 1. The van der Waals surface area contributed by atoms with Crippen molar-refractivity contribution < 1.29 is 0 Å². The van der Waals surface area contributed by atoms with Crippen LogP contribution in [0.2, 0.25) is 0 Å². The summed E-state index contributed by atoms with van der Waals surface area (Å²) in [7, 11) is 0. The van der Waals surface area contributed by atoms with Gasteiger partial charge in [-0.2, -0.15) is 5.26 Å². The van der Waals surface area contributed by atoms with Crippen LogP contribution in [0.5, 0.6) is 0 Å². The van der Waals surface area contributed by atoms with E-state index in [4.69, 9.17) is 0 Å². The SMILES string of the molecule is CC1(C)CCCC(C#N)(NC2CCCC2)CC1. The summed E-state index contributed by atoms with van der Waals surface area (Å²) in [6, 6.07) is 3.22.